The molecule has 27 heavy (non-hydrogen) atoms. The van der Waals surface area contributed by atoms with Crippen LogP contribution in [0, 0.1) is 0 Å². The van der Waals surface area contributed by atoms with Gasteiger partial charge in [0.25, 0.3) is 5.91 Å². The molecular formula is C19H21N3O5. The molecule has 2 N–H and O–H groups in total. The van der Waals surface area contributed by atoms with E-state index < -0.39 is 0 Å². The number of amides is 1. The van der Waals surface area contributed by atoms with Gasteiger partial charge in [0.15, 0.2) is 11.5 Å². The van der Waals surface area contributed by atoms with E-state index in [1.54, 1.807) is 32.4 Å². The van der Waals surface area contributed by atoms with Crippen LogP contribution >= 0.6 is 0 Å². The van der Waals surface area contributed by atoms with Crippen LogP contribution in [-0.2, 0) is 4.79 Å². The van der Waals surface area contributed by atoms with Crippen LogP contribution in [0.3, 0.4) is 0 Å². The lowest BCUT2D eigenvalue weighted by molar-refractivity contribution is -0.119. The Morgan fingerprint density at radius 2 is 2.04 bits per heavy atom. The molecule has 2 aromatic rings. The number of rotatable bonds is 7. The van der Waals surface area contributed by atoms with Gasteiger partial charge in [-0.05, 0) is 24.3 Å². The van der Waals surface area contributed by atoms with Crippen molar-refractivity contribution in [2.24, 2.45) is 5.10 Å². The zero-order chi connectivity index (χ0) is 19.1. The van der Waals surface area contributed by atoms with Crippen LogP contribution in [0.2, 0.25) is 0 Å². The predicted octanol–water partition coefficient (Wildman–Crippen LogP) is 2.04. The van der Waals surface area contributed by atoms with E-state index in [0.29, 0.717) is 36.2 Å². The van der Waals surface area contributed by atoms with Gasteiger partial charge < -0.3 is 24.3 Å². The number of hydrogen-bond acceptors (Lipinski definition) is 7. The Labute approximate surface area is 157 Å². The van der Waals surface area contributed by atoms with Crippen molar-refractivity contribution in [3.05, 3.63) is 42.0 Å². The van der Waals surface area contributed by atoms with Gasteiger partial charge in [-0.25, -0.2) is 5.43 Å². The van der Waals surface area contributed by atoms with Gasteiger partial charge in [0, 0.05) is 17.3 Å². The largest absolute Gasteiger partial charge is 0.497 e. The molecule has 1 aliphatic rings. The van der Waals surface area contributed by atoms with Crippen molar-refractivity contribution in [1.29, 1.82) is 0 Å². The number of nitrogens with one attached hydrogen (secondary N) is 2. The molecule has 8 nitrogen and oxygen atoms in total. The molecule has 2 aromatic carbocycles. The molecule has 3 rings (SSSR count). The first kappa shape index (κ1) is 18.4. The number of carbonyl (C=O) groups excluding carboxylic acids is 1. The summed E-state index contributed by atoms with van der Waals surface area (Å²) in [6.45, 7) is 1.03. The standard InChI is InChI=1S/C19H21N3O5/c1-24-15-5-3-4-14(10-15)20-12-18(23)22-21-11-13-8-16(25-2)19-17(9-13)26-6-7-27-19/h3-5,8-11,20H,6-7,12H2,1-2H3,(H,22,23)/b21-11-. The Morgan fingerprint density at radius 3 is 2.85 bits per heavy atom. The van der Waals surface area contributed by atoms with Crippen LogP contribution < -0.4 is 29.7 Å². The third kappa shape index (κ3) is 4.81. The van der Waals surface area contributed by atoms with Gasteiger partial charge >= 0.3 is 0 Å². The summed E-state index contributed by atoms with van der Waals surface area (Å²) in [7, 11) is 3.15. The average molecular weight is 371 g/mol. The van der Waals surface area contributed by atoms with Gasteiger partial charge in [0.1, 0.15) is 19.0 Å². The van der Waals surface area contributed by atoms with E-state index in [-0.39, 0.29) is 12.5 Å². The van der Waals surface area contributed by atoms with Gasteiger partial charge in [0.05, 0.1) is 27.0 Å². The summed E-state index contributed by atoms with van der Waals surface area (Å²) < 4.78 is 21.6. The fourth-order valence-electron chi connectivity index (χ4n) is 2.50. The first-order chi connectivity index (χ1) is 13.2. The van der Waals surface area contributed by atoms with Gasteiger partial charge in [0.2, 0.25) is 5.75 Å². The molecule has 8 heteroatoms. The van der Waals surface area contributed by atoms with Crippen LogP contribution in [0.1, 0.15) is 5.56 Å². The number of carbonyl (C=O) groups is 1. The summed E-state index contributed by atoms with van der Waals surface area (Å²) in [5, 5.41) is 6.98. The van der Waals surface area contributed by atoms with Crippen LogP contribution in [0.4, 0.5) is 5.69 Å². The SMILES string of the molecule is COc1cccc(NCC(=O)N/N=C\c2cc(OC)c3c(c2)OCCO3)c1. The van der Waals surface area contributed by atoms with Crippen LogP contribution in [0.25, 0.3) is 0 Å². The van der Waals surface area contributed by atoms with E-state index >= 15 is 0 Å². The number of benzene rings is 2. The highest BCUT2D eigenvalue weighted by atomic mass is 16.6. The number of methoxy groups -OCH3 is 2. The van der Waals surface area contributed by atoms with Crippen molar-refractivity contribution in [2.45, 2.75) is 0 Å². The minimum absolute atomic E-state index is 0.0783. The average Bonchev–Trinajstić information content (AvgIpc) is 2.71. The molecule has 0 radical (unpaired) electrons. The molecule has 0 bridgehead atoms. The Bertz CT molecular complexity index is 821. The van der Waals surface area contributed by atoms with E-state index in [4.69, 9.17) is 18.9 Å². The molecular weight excluding hydrogens is 350 g/mol. The molecule has 0 atom stereocenters. The molecule has 0 saturated heterocycles. The second-order valence-corrected chi connectivity index (χ2v) is 5.63. The monoisotopic (exact) mass is 371 g/mol. The molecule has 0 aromatic heterocycles. The molecule has 0 saturated carbocycles. The van der Waals surface area contributed by atoms with Crippen molar-refractivity contribution >= 4 is 17.8 Å². The minimum atomic E-state index is -0.279. The highest BCUT2D eigenvalue weighted by Gasteiger charge is 2.17. The first-order valence-corrected chi connectivity index (χ1v) is 8.37. The molecule has 0 aliphatic carbocycles. The lowest BCUT2D eigenvalue weighted by Crippen LogP contribution is -2.25. The quantitative estimate of drug-likeness (QED) is 0.572. The lowest BCUT2D eigenvalue weighted by atomic mass is 10.2. The van der Waals surface area contributed by atoms with Crippen molar-refractivity contribution in [3.63, 3.8) is 0 Å². The summed E-state index contributed by atoms with van der Waals surface area (Å²) >= 11 is 0. The van der Waals surface area contributed by atoms with Crippen LogP contribution in [0.15, 0.2) is 41.5 Å². The van der Waals surface area contributed by atoms with Crippen molar-refractivity contribution in [2.75, 3.05) is 39.3 Å². The summed E-state index contributed by atoms with van der Waals surface area (Å²) in [5.74, 6) is 2.16. The fourth-order valence-corrected chi connectivity index (χ4v) is 2.50. The molecule has 0 fully saturated rings. The summed E-state index contributed by atoms with van der Waals surface area (Å²) in [6, 6.07) is 10.9. The van der Waals surface area contributed by atoms with Gasteiger partial charge in [-0.15, -0.1) is 0 Å². The van der Waals surface area contributed by atoms with E-state index in [9.17, 15) is 4.79 Å². The lowest BCUT2D eigenvalue weighted by Gasteiger charge is -2.20. The molecule has 1 amide bonds. The highest BCUT2D eigenvalue weighted by Crippen LogP contribution is 2.39. The Morgan fingerprint density at radius 1 is 1.19 bits per heavy atom. The summed E-state index contributed by atoms with van der Waals surface area (Å²) in [6.07, 6.45) is 1.52. The number of hydrogen-bond donors (Lipinski definition) is 2. The van der Waals surface area contributed by atoms with E-state index in [1.165, 1.54) is 6.21 Å². The fraction of sp³-hybridized carbons (Fsp3) is 0.263. The number of fused-ring (bicyclic) bond motifs is 1. The third-order valence-corrected chi connectivity index (χ3v) is 3.78. The molecule has 1 aliphatic heterocycles. The van der Waals surface area contributed by atoms with Crippen molar-refractivity contribution in [1.82, 2.24) is 5.43 Å². The minimum Gasteiger partial charge on any atom is -0.497 e. The normalized spacial score (nSPS) is 12.5. The summed E-state index contributed by atoms with van der Waals surface area (Å²) in [5.41, 5.74) is 3.97. The topological polar surface area (TPSA) is 90.4 Å². The third-order valence-electron chi connectivity index (χ3n) is 3.78. The maximum absolute atomic E-state index is 11.9. The van der Waals surface area contributed by atoms with E-state index in [1.807, 2.05) is 18.2 Å². The van der Waals surface area contributed by atoms with Gasteiger partial charge in [-0.1, -0.05) is 6.07 Å². The van der Waals surface area contributed by atoms with Crippen molar-refractivity contribution in [3.8, 4) is 23.0 Å². The van der Waals surface area contributed by atoms with Gasteiger partial charge in [-0.2, -0.15) is 5.10 Å². The number of anilines is 1. The number of ether oxygens (including phenoxy) is 4. The van der Waals surface area contributed by atoms with E-state index in [0.717, 1.165) is 11.3 Å². The highest BCUT2D eigenvalue weighted by molar-refractivity contribution is 5.85. The van der Waals surface area contributed by atoms with E-state index in [2.05, 4.69) is 15.8 Å². The summed E-state index contributed by atoms with van der Waals surface area (Å²) in [4.78, 5) is 11.9. The second-order valence-electron chi connectivity index (χ2n) is 5.63. The van der Waals surface area contributed by atoms with Gasteiger partial charge in [-0.3, -0.25) is 4.79 Å². The zero-order valence-electron chi connectivity index (χ0n) is 15.2. The molecule has 142 valence electrons. The molecule has 0 unspecified atom stereocenters. The number of hydrazone groups is 1. The first-order valence-electron chi connectivity index (χ1n) is 8.37. The Balaban J connectivity index is 1.56. The Hall–Kier alpha value is -3.42. The smallest absolute Gasteiger partial charge is 0.259 e. The predicted molar refractivity (Wildman–Crippen MR) is 101 cm³/mol. The Kier molecular flexibility index (Phi) is 5.98. The number of nitrogens with zero attached hydrogens (tertiary/aromatic N) is 1. The maximum atomic E-state index is 11.9. The maximum Gasteiger partial charge on any atom is 0.259 e. The van der Waals surface area contributed by atoms with Crippen LogP contribution in [0.5, 0.6) is 23.0 Å². The zero-order valence-corrected chi connectivity index (χ0v) is 15.2. The van der Waals surface area contributed by atoms with Crippen molar-refractivity contribution < 1.29 is 23.7 Å². The molecule has 0 spiro atoms. The van der Waals surface area contributed by atoms with Crippen LogP contribution in [-0.4, -0.2) is 46.1 Å². The second kappa shape index (κ2) is 8.79. The molecule has 1 heterocycles.